The number of nitrogens with zero attached hydrogens (tertiary/aromatic N) is 1. The van der Waals surface area contributed by atoms with E-state index >= 15 is 0 Å². The molecule has 0 aliphatic heterocycles. The molecule has 6 heteroatoms. The summed E-state index contributed by atoms with van der Waals surface area (Å²) in [6, 6.07) is 9.69. The van der Waals surface area contributed by atoms with Gasteiger partial charge in [0.2, 0.25) is 0 Å². The highest BCUT2D eigenvalue weighted by atomic mass is 19.3. The van der Waals surface area contributed by atoms with Gasteiger partial charge in [0.15, 0.2) is 0 Å². The van der Waals surface area contributed by atoms with Crippen LogP contribution in [0.3, 0.4) is 0 Å². The SMILES string of the molecule is Nc1ccc(Nc2ccccc2OC(F)F)nc1. The summed E-state index contributed by atoms with van der Waals surface area (Å²) in [5.41, 5.74) is 6.44. The zero-order valence-corrected chi connectivity index (χ0v) is 9.31. The summed E-state index contributed by atoms with van der Waals surface area (Å²) in [6.07, 6.45) is 1.47. The van der Waals surface area contributed by atoms with Crippen LogP contribution in [0.1, 0.15) is 0 Å². The third kappa shape index (κ3) is 3.07. The average Bonchev–Trinajstić information content (AvgIpc) is 2.34. The maximum Gasteiger partial charge on any atom is 0.387 e. The standard InChI is InChI=1S/C12H11F2N3O/c13-12(14)18-10-4-2-1-3-9(10)17-11-6-5-8(15)7-16-11/h1-7,12H,15H2,(H,16,17). The lowest BCUT2D eigenvalue weighted by atomic mass is 10.3. The van der Waals surface area contributed by atoms with E-state index in [2.05, 4.69) is 15.0 Å². The van der Waals surface area contributed by atoms with E-state index in [0.29, 0.717) is 17.2 Å². The van der Waals surface area contributed by atoms with Gasteiger partial charge in [0.25, 0.3) is 0 Å². The molecule has 1 heterocycles. The van der Waals surface area contributed by atoms with E-state index in [1.54, 1.807) is 30.3 Å². The normalized spacial score (nSPS) is 10.4. The molecular weight excluding hydrogens is 240 g/mol. The summed E-state index contributed by atoms with van der Waals surface area (Å²) >= 11 is 0. The molecule has 18 heavy (non-hydrogen) atoms. The third-order valence-electron chi connectivity index (χ3n) is 2.15. The number of ether oxygens (including phenoxy) is 1. The molecule has 2 rings (SSSR count). The molecule has 0 atom stereocenters. The number of hydrogen-bond donors (Lipinski definition) is 2. The van der Waals surface area contributed by atoms with Crippen LogP contribution in [-0.4, -0.2) is 11.6 Å². The lowest BCUT2D eigenvalue weighted by molar-refractivity contribution is -0.0493. The first-order chi connectivity index (χ1) is 8.65. The van der Waals surface area contributed by atoms with Crippen LogP contribution in [0.4, 0.5) is 26.0 Å². The first-order valence-corrected chi connectivity index (χ1v) is 5.17. The number of anilines is 3. The predicted molar refractivity (Wildman–Crippen MR) is 65.0 cm³/mol. The van der Waals surface area contributed by atoms with Crippen molar-refractivity contribution < 1.29 is 13.5 Å². The van der Waals surface area contributed by atoms with E-state index in [0.717, 1.165) is 0 Å². The van der Waals surface area contributed by atoms with Crippen LogP contribution in [0.25, 0.3) is 0 Å². The fourth-order valence-corrected chi connectivity index (χ4v) is 1.39. The zero-order valence-electron chi connectivity index (χ0n) is 9.31. The van der Waals surface area contributed by atoms with Gasteiger partial charge < -0.3 is 15.8 Å². The molecule has 0 amide bonds. The molecule has 0 spiro atoms. The van der Waals surface area contributed by atoms with Crippen LogP contribution < -0.4 is 15.8 Å². The van der Waals surface area contributed by atoms with Gasteiger partial charge in [0.05, 0.1) is 17.6 Å². The summed E-state index contributed by atoms with van der Waals surface area (Å²) in [7, 11) is 0. The minimum Gasteiger partial charge on any atom is -0.433 e. The van der Waals surface area contributed by atoms with Crippen LogP contribution in [0.15, 0.2) is 42.6 Å². The monoisotopic (exact) mass is 251 g/mol. The minimum atomic E-state index is -2.87. The van der Waals surface area contributed by atoms with E-state index in [-0.39, 0.29) is 5.75 Å². The lowest BCUT2D eigenvalue weighted by Gasteiger charge is -2.11. The Morgan fingerprint density at radius 3 is 2.61 bits per heavy atom. The second-order valence-corrected chi connectivity index (χ2v) is 3.48. The first kappa shape index (κ1) is 12.1. The van der Waals surface area contributed by atoms with E-state index in [1.165, 1.54) is 12.3 Å². The van der Waals surface area contributed by atoms with Crippen LogP contribution in [-0.2, 0) is 0 Å². The van der Waals surface area contributed by atoms with Crippen molar-refractivity contribution in [3.05, 3.63) is 42.6 Å². The van der Waals surface area contributed by atoms with E-state index in [1.807, 2.05) is 0 Å². The van der Waals surface area contributed by atoms with E-state index < -0.39 is 6.61 Å². The van der Waals surface area contributed by atoms with Crippen molar-refractivity contribution >= 4 is 17.2 Å². The molecule has 2 aromatic rings. The number of halogens is 2. The number of alkyl halides is 2. The number of rotatable bonds is 4. The summed E-state index contributed by atoms with van der Waals surface area (Å²) in [5.74, 6) is 0.556. The van der Waals surface area contributed by atoms with Gasteiger partial charge in [-0.3, -0.25) is 0 Å². The summed E-state index contributed by atoms with van der Waals surface area (Å²) < 4.78 is 28.8. The highest BCUT2D eigenvalue weighted by molar-refractivity contribution is 5.64. The predicted octanol–water partition coefficient (Wildman–Crippen LogP) is 3.01. The Morgan fingerprint density at radius 1 is 1.17 bits per heavy atom. The van der Waals surface area contributed by atoms with Crippen LogP contribution in [0.5, 0.6) is 5.75 Å². The van der Waals surface area contributed by atoms with Crippen LogP contribution in [0.2, 0.25) is 0 Å². The molecule has 0 saturated heterocycles. The molecule has 0 aliphatic rings. The van der Waals surface area contributed by atoms with Gasteiger partial charge in [-0.2, -0.15) is 8.78 Å². The van der Waals surface area contributed by atoms with Crippen molar-refractivity contribution in [1.29, 1.82) is 0 Å². The Balaban J connectivity index is 2.20. The molecule has 4 nitrogen and oxygen atoms in total. The quantitative estimate of drug-likeness (QED) is 0.876. The highest BCUT2D eigenvalue weighted by Crippen LogP contribution is 2.28. The zero-order chi connectivity index (χ0) is 13.0. The Labute approximate surface area is 102 Å². The number of nitrogen functional groups attached to an aromatic ring is 1. The molecule has 0 fully saturated rings. The molecule has 0 radical (unpaired) electrons. The van der Waals surface area contributed by atoms with Crippen LogP contribution in [0, 0.1) is 0 Å². The average molecular weight is 251 g/mol. The number of nitrogens with one attached hydrogen (secondary N) is 1. The van der Waals surface area contributed by atoms with Gasteiger partial charge >= 0.3 is 6.61 Å². The van der Waals surface area contributed by atoms with Crippen LogP contribution >= 0.6 is 0 Å². The number of pyridine rings is 1. The van der Waals surface area contributed by atoms with Crippen molar-refractivity contribution in [3.63, 3.8) is 0 Å². The highest BCUT2D eigenvalue weighted by Gasteiger charge is 2.09. The molecule has 1 aromatic heterocycles. The molecule has 0 unspecified atom stereocenters. The Bertz CT molecular complexity index is 517. The van der Waals surface area contributed by atoms with E-state index in [4.69, 9.17) is 5.73 Å². The minimum absolute atomic E-state index is 0.0612. The molecule has 1 aromatic carbocycles. The molecule has 94 valence electrons. The molecule has 0 bridgehead atoms. The van der Waals surface area contributed by atoms with Gasteiger partial charge in [-0.15, -0.1) is 0 Å². The first-order valence-electron chi connectivity index (χ1n) is 5.17. The number of benzene rings is 1. The van der Waals surface area contributed by atoms with Crippen molar-refractivity contribution in [2.75, 3.05) is 11.1 Å². The number of hydrogen-bond acceptors (Lipinski definition) is 4. The fourth-order valence-electron chi connectivity index (χ4n) is 1.39. The van der Waals surface area contributed by atoms with E-state index in [9.17, 15) is 8.78 Å². The second-order valence-electron chi connectivity index (χ2n) is 3.48. The molecular formula is C12H11F2N3O. The Kier molecular flexibility index (Phi) is 3.57. The van der Waals surface area contributed by atoms with Gasteiger partial charge in [0, 0.05) is 0 Å². The summed E-state index contributed by atoms with van der Waals surface area (Å²) in [4.78, 5) is 4.01. The third-order valence-corrected chi connectivity index (χ3v) is 2.15. The smallest absolute Gasteiger partial charge is 0.387 e. The van der Waals surface area contributed by atoms with Crippen molar-refractivity contribution in [2.45, 2.75) is 6.61 Å². The van der Waals surface area contributed by atoms with Crippen molar-refractivity contribution in [2.24, 2.45) is 0 Å². The van der Waals surface area contributed by atoms with Gasteiger partial charge in [-0.1, -0.05) is 12.1 Å². The number of nitrogens with two attached hydrogens (primary N) is 1. The molecule has 0 aliphatic carbocycles. The summed E-state index contributed by atoms with van der Waals surface area (Å²) in [6.45, 7) is -2.87. The summed E-state index contributed by atoms with van der Waals surface area (Å²) in [5, 5.41) is 2.88. The Morgan fingerprint density at radius 2 is 1.94 bits per heavy atom. The fraction of sp³-hybridized carbons (Fsp3) is 0.0833. The van der Waals surface area contributed by atoms with Crippen molar-refractivity contribution in [1.82, 2.24) is 4.98 Å². The van der Waals surface area contributed by atoms with Gasteiger partial charge in [-0.25, -0.2) is 4.98 Å². The number of para-hydroxylation sites is 2. The maximum absolute atomic E-state index is 12.2. The largest absolute Gasteiger partial charge is 0.433 e. The number of aromatic nitrogens is 1. The lowest BCUT2D eigenvalue weighted by Crippen LogP contribution is -2.04. The topological polar surface area (TPSA) is 60.2 Å². The molecule has 3 N–H and O–H groups in total. The Hall–Kier alpha value is -2.37. The van der Waals surface area contributed by atoms with Gasteiger partial charge in [-0.05, 0) is 24.3 Å². The molecule has 0 saturated carbocycles. The van der Waals surface area contributed by atoms with Gasteiger partial charge in [0.1, 0.15) is 11.6 Å². The van der Waals surface area contributed by atoms with Crippen molar-refractivity contribution in [3.8, 4) is 5.75 Å². The maximum atomic E-state index is 12.2. The second kappa shape index (κ2) is 5.31.